The largest absolute Gasteiger partial charge is 1.00 e. The van der Waals surface area contributed by atoms with Crippen LogP contribution in [0.15, 0.2) is 11.0 Å². The smallest absolute Gasteiger partial charge is 1.00 e. The molecule has 0 saturated heterocycles. The third-order valence-electron chi connectivity index (χ3n) is 2.09. The Balaban J connectivity index is 0.00000180. The van der Waals surface area contributed by atoms with E-state index in [1.807, 2.05) is 0 Å². The quantitative estimate of drug-likeness (QED) is 0.268. The molecular weight excluding hydrogens is 269 g/mol. The maximum absolute atomic E-state index is 11.6. The van der Waals surface area contributed by atoms with E-state index in [1.165, 1.54) is 6.20 Å². The Bertz CT molecular complexity index is 698. The van der Waals surface area contributed by atoms with E-state index < -0.39 is 22.3 Å². The summed E-state index contributed by atoms with van der Waals surface area (Å²) in [5.41, 5.74) is -1.14. The molecule has 0 aliphatic carbocycles. The van der Waals surface area contributed by atoms with Crippen LogP contribution in [0.3, 0.4) is 0 Å². The molecule has 2 aromatic heterocycles. The van der Waals surface area contributed by atoms with Gasteiger partial charge in [-0.3, -0.25) is 9.89 Å². The summed E-state index contributed by atoms with van der Waals surface area (Å²) in [4.78, 5) is 32.6. The van der Waals surface area contributed by atoms with Gasteiger partial charge >= 0.3 is 46.9 Å². The van der Waals surface area contributed by atoms with E-state index in [4.69, 9.17) is 4.74 Å². The molecule has 0 aromatic carbocycles. The number of aromatic amines is 1. The van der Waals surface area contributed by atoms with Crippen molar-refractivity contribution in [2.45, 2.75) is 6.92 Å². The van der Waals surface area contributed by atoms with Crippen molar-refractivity contribution in [3.63, 3.8) is 0 Å². The third-order valence-corrected chi connectivity index (χ3v) is 2.09. The fraction of sp³-hybridized carbons (Fsp3) is 0.250. The van der Waals surface area contributed by atoms with Crippen LogP contribution < -0.4 is 35.1 Å². The Morgan fingerprint density at radius 3 is 2.89 bits per heavy atom. The molecule has 11 heteroatoms. The number of aromatic nitrogens is 4. The molecule has 19 heavy (non-hydrogen) atoms. The number of nitro groups is 1. The van der Waals surface area contributed by atoms with E-state index >= 15 is 0 Å². The Morgan fingerprint density at radius 1 is 1.63 bits per heavy atom. The Kier molecular flexibility index (Phi) is 4.75. The van der Waals surface area contributed by atoms with Crippen molar-refractivity contribution in [3.05, 3.63) is 32.2 Å². The number of nitrogens with zero attached hydrogens (tertiary/aromatic N) is 4. The minimum Gasteiger partial charge on any atom is -1.00 e. The van der Waals surface area contributed by atoms with Crippen molar-refractivity contribution < 1.29 is 45.4 Å². The van der Waals surface area contributed by atoms with Crippen LogP contribution in [0, 0.1) is 10.1 Å². The average Bonchev–Trinajstić information content (AvgIpc) is 2.74. The molecule has 2 aromatic rings. The van der Waals surface area contributed by atoms with Gasteiger partial charge in [-0.1, -0.05) is 0 Å². The summed E-state index contributed by atoms with van der Waals surface area (Å²) in [6, 6.07) is 0. The Labute approximate surface area is 128 Å². The van der Waals surface area contributed by atoms with Crippen LogP contribution in [-0.2, 0) is 4.74 Å². The first-order valence-electron chi connectivity index (χ1n) is 4.84. The van der Waals surface area contributed by atoms with Gasteiger partial charge in [0.2, 0.25) is 5.65 Å². The van der Waals surface area contributed by atoms with E-state index in [-0.39, 0.29) is 48.8 Å². The fourth-order valence-corrected chi connectivity index (χ4v) is 1.34. The van der Waals surface area contributed by atoms with Crippen molar-refractivity contribution >= 4 is 17.4 Å². The Morgan fingerprint density at radius 2 is 2.32 bits per heavy atom. The summed E-state index contributed by atoms with van der Waals surface area (Å²) in [7, 11) is 0. The second-order valence-electron chi connectivity index (χ2n) is 3.15. The summed E-state index contributed by atoms with van der Waals surface area (Å²) in [6.45, 7) is 1.77. The van der Waals surface area contributed by atoms with Gasteiger partial charge < -0.3 is 16.3 Å². The molecule has 0 radical (unpaired) electrons. The van der Waals surface area contributed by atoms with Crippen molar-refractivity contribution in [3.8, 4) is 0 Å². The van der Waals surface area contributed by atoms with Gasteiger partial charge in [-0.2, -0.15) is 4.52 Å². The maximum atomic E-state index is 11.6. The van der Waals surface area contributed by atoms with E-state index in [0.717, 1.165) is 4.52 Å². The monoisotopic (exact) mass is 277 g/mol. The van der Waals surface area contributed by atoms with Crippen LogP contribution in [0.1, 0.15) is 18.7 Å². The van der Waals surface area contributed by atoms with Gasteiger partial charge in [0, 0.05) is 6.20 Å². The number of fused-ring (bicyclic) bond motifs is 1. The fourth-order valence-electron chi connectivity index (χ4n) is 1.34. The van der Waals surface area contributed by atoms with Crippen molar-refractivity contribution in [1.29, 1.82) is 0 Å². The minimum atomic E-state index is -0.999. The van der Waals surface area contributed by atoms with Crippen LogP contribution in [0.5, 0.6) is 0 Å². The topological polar surface area (TPSA) is 132 Å². The van der Waals surface area contributed by atoms with E-state index in [2.05, 4.69) is 15.3 Å². The van der Waals surface area contributed by atoms with Crippen molar-refractivity contribution in [2.75, 3.05) is 6.61 Å². The second kappa shape index (κ2) is 5.91. The summed E-state index contributed by atoms with van der Waals surface area (Å²) in [6.07, 6.45) is 1.17. The van der Waals surface area contributed by atoms with Crippen LogP contribution in [0.4, 0.5) is 5.82 Å². The third kappa shape index (κ3) is 2.64. The molecule has 0 saturated carbocycles. The van der Waals surface area contributed by atoms with Crippen LogP contribution >= 0.6 is 0 Å². The summed E-state index contributed by atoms with van der Waals surface area (Å²) < 4.78 is 5.50. The number of hydrogen-bond donors (Lipinski definition) is 1. The van der Waals surface area contributed by atoms with Crippen molar-refractivity contribution in [1.82, 2.24) is 19.8 Å². The molecule has 96 valence electrons. The average molecular weight is 277 g/mol. The number of carbonyl (C=O) groups is 1. The predicted octanol–water partition coefficient (Wildman–Crippen LogP) is -3.38. The number of hydrogen-bond acceptors (Lipinski definition) is 7. The van der Waals surface area contributed by atoms with Gasteiger partial charge in [-0.05, 0) is 16.9 Å². The molecule has 2 heterocycles. The van der Waals surface area contributed by atoms with E-state index in [1.54, 1.807) is 6.92 Å². The van der Waals surface area contributed by atoms with Gasteiger partial charge in [0.25, 0.3) is 0 Å². The Hall–Kier alpha value is -1.78. The zero-order valence-corrected chi connectivity index (χ0v) is 12.1. The molecule has 0 unspecified atom stereocenters. The van der Waals surface area contributed by atoms with Crippen LogP contribution in [0.25, 0.3) is 5.65 Å². The number of rotatable bonds is 3. The summed E-state index contributed by atoms with van der Waals surface area (Å²) >= 11 is 0. The number of carbonyl (C=O) groups excluding carboxylic acids is 1. The molecule has 1 N–H and O–H groups in total. The second-order valence-corrected chi connectivity index (χ2v) is 3.15. The van der Waals surface area contributed by atoms with Gasteiger partial charge in [0.15, 0.2) is 0 Å². The van der Waals surface area contributed by atoms with Gasteiger partial charge in [-0.25, -0.2) is 4.79 Å². The molecule has 0 aliphatic heterocycles. The molecule has 10 nitrogen and oxygen atoms in total. The minimum absolute atomic E-state index is 0. The number of nitrogens with one attached hydrogen (secondary N) is 1. The number of H-pyrrole nitrogens is 1. The zero-order chi connectivity index (χ0) is 13.3. The van der Waals surface area contributed by atoms with Gasteiger partial charge in [-0.15, -0.1) is 0 Å². The van der Waals surface area contributed by atoms with Gasteiger partial charge in [0.05, 0.1) is 11.7 Å². The number of esters is 1. The molecule has 0 amide bonds. The molecule has 0 fully saturated rings. The number of ether oxygens (including phenoxy) is 1. The predicted molar refractivity (Wildman–Crippen MR) is 57.3 cm³/mol. The molecule has 0 aliphatic rings. The molecular formula is C8H8N5NaO5. The van der Waals surface area contributed by atoms with Gasteiger partial charge in [0.1, 0.15) is 5.56 Å². The van der Waals surface area contributed by atoms with E-state index in [9.17, 15) is 19.7 Å². The molecule has 0 bridgehead atoms. The first-order chi connectivity index (χ1) is 8.56. The van der Waals surface area contributed by atoms with E-state index in [0.29, 0.717) is 0 Å². The van der Waals surface area contributed by atoms with Crippen LogP contribution in [-0.4, -0.2) is 37.3 Å². The maximum Gasteiger partial charge on any atom is 1.00 e. The molecule has 0 spiro atoms. The summed E-state index contributed by atoms with van der Waals surface area (Å²) in [5, 5.41) is 19.5. The normalized spacial score (nSPS) is 9.95. The first kappa shape index (κ1) is 15.3. The summed E-state index contributed by atoms with van der Waals surface area (Å²) in [5.74, 6) is -1.62. The van der Waals surface area contributed by atoms with Crippen LogP contribution in [0.2, 0.25) is 0 Å². The molecule has 2 rings (SSSR count). The standard InChI is InChI=1S/C8H7N5O5.Na.H/c1-2-18-8(15)4-3-9-12-5(4)10-11-6(7(12)14)13(16)17;;/h3,9H,2H2,1H3;;/q;+1;-1. The van der Waals surface area contributed by atoms with Crippen molar-refractivity contribution in [2.24, 2.45) is 0 Å². The SMILES string of the molecule is CCOC(=O)c1c[nH]n2c(=O)c([N+](=O)[O-])nnc12.[H-].[Na+]. The zero-order valence-electron chi connectivity index (χ0n) is 11.1. The first-order valence-corrected chi connectivity index (χ1v) is 4.84. The molecule has 0 atom stereocenters.